The predicted molar refractivity (Wildman–Crippen MR) is 38.9 cm³/mol. The molecule has 0 heterocycles. The van der Waals surface area contributed by atoms with Crippen molar-refractivity contribution >= 4 is 7.82 Å². The molecule has 15 heavy (non-hydrogen) atoms. The third-order valence-corrected chi connectivity index (χ3v) is 0. The fraction of sp³-hybridized carbons (Fsp3) is 0. The Morgan fingerprint density at radius 3 is 0.733 bits per heavy atom. The van der Waals surface area contributed by atoms with Gasteiger partial charge in [0.05, 0.1) is 0 Å². The van der Waals surface area contributed by atoms with E-state index in [1.54, 1.807) is 0 Å². The number of rotatable bonds is 0. The van der Waals surface area contributed by atoms with Gasteiger partial charge in [-0.2, -0.15) is 7.82 Å². The van der Waals surface area contributed by atoms with Crippen molar-refractivity contribution in [1.82, 2.24) is 30.8 Å². The van der Waals surface area contributed by atoms with Crippen molar-refractivity contribution in [3.8, 4) is 0 Å². The van der Waals surface area contributed by atoms with Crippen LogP contribution in [0.15, 0.2) is 0 Å². The van der Waals surface area contributed by atoms with Crippen molar-refractivity contribution in [2.75, 3.05) is 0 Å². The Morgan fingerprint density at radius 1 is 0.733 bits per heavy atom. The van der Waals surface area contributed by atoms with Crippen LogP contribution < -0.4 is 53.0 Å². The monoisotopic (exact) mass is 347 g/mol. The van der Waals surface area contributed by atoms with E-state index < -0.39 is 24.6 Å². The van der Waals surface area contributed by atoms with Crippen LogP contribution in [0.25, 0.3) is 0 Å². The van der Waals surface area contributed by atoms with Crippen LogP contribution in [0.4, 0.5) is 0 Å². The van der Waals surface area contributed by atoms with Crippen LogP contribution in [0.2, 0.25) is 0 Å². The Labute approximate surface area is 89.4 Å². The second-order valence-electron chi connectivity index (χ2n) is 0.855. The van der Waals surface area contributed by atoms with E-state index in [0.29, 0.717) is 0 Å². The van der Waals surface area contributed by atoms with Gasteiger partial charge in [0, 0.05) is 0 Å². The van der Waals surface area contributed by atoms with Gasteiger partial charge in [-0.05, 0) is 0 Å². The molecule has 0 fully saturated rings. The zero-order valence-electron chi connectivity index (χ0n) is 9.12. The maximum atomic E-state index is 8.63. The van der Waals surface area contributed by atoms with Gasteiger partial charge in [-0.3, -0.25) is 0 Å². The molecule has 20 N–H and O–H groups in total. The summed E-state index contributed by atoms with van der Waals surface area (Å²) in [6, 6.07) is 0. The number of hydrogen-bond donors (Lipinski definition) is 5. The Bertz CT molecular complexity index is 201. The molecule has 0 saturated carbocycles. The molecule has 0 atom stereocenters. The second-order valence-corrected chi connectivity index (χ2v) is 3.76. The number of phosphoric acid groups is 1. The zero-order valence-corrected chi connectivity index (χ0v) is 12.0. The Balaban J connectivity index is -0.0000000128. The Morgan fingerprint density at radius 2 is 0.733 bits per heavy atom. The van der Waals surface area contributed by atoms with Gasteiger partial charge in [0.15, 0.2) is 0 Å². The molecule has 0 aromatic carbocycles. The molecular weight excluding hydrogens is 325 g/mol. The van der Waals surface area contributed by atoms with Crippen molar-refractivity contribution in [2.45, 2.75) is 0 Å². The van der Waals surface area contributed by atoms with Crippen LogP contribution >= 0.6 is 7.82 Å². The van der Waals surface area contributed by atoms with E-state index in [0.717, 1.165) is 0 Å². The summed E-state index contributed by atoms with van der Waals surface area (Å²) >= 11 is -6.02. The topological polar surface area (TPSA) is 349 Å². The summed E-state index contributed by atoms with van der Waals surface area (Å²) < 4.78 is 43.1. The third kappa shape index (κ3) is 148000. The molecule has 0 aliphatic carbocycles. The summed E-state index contributed by atoms with van der Waals surface area (Å²) in [5, 5.41) is 0. The average Bonchev–Trinajstić information content (AvgIpc) is 1.12. The molecule has 0 radical (unpaired) electrons. The van der Waals surface area contributed by atoms with E-state index in [1.165, 1.54) is 0 Å². The van der Waals surface area contributed by atoms with Gasteiger partial charge in [0.2, 0.25) is 0 Å². The SMILES string of the molecule is O=P([O-])([O-])[O-].[NH4+].[NH4+].[NH4+].[NH4+].[NH4+].[O]=[Mo](=[O])([O-])[O-]. The molecule has 0 spiro atoms. The molecular formula is H20MoN5O8P. The van der Waals surface area contributed by atoms with E-state index >= 15 is 0 Å². The molecule has 0 bridgehead atoms. The summed E-state index contributed by atoms with van der Waals surface area (Å²) in [5.41, 5.74) is 0. The van der Waals surface area contributed by atoms with Crippen LogP contribution in [0.1, 0.15) is 0 Å². The average molecular weight is 345 g/mol. The molecule has 0 saturated heterocycles. The molecule has 104 valence electrons. The minimum atomic E-state index is -6.02. The Hall–Kier alpha value is 0.118. The molecule has 15 heteroatoms. The molecule has 0 aromatic rings. The van der Waals surface area contributed by atoms with Gasteiger partial charge in [-0.15, -0.1) is 0 Å². The summed E-state index contributed by atoms with van der Waals surface area (Å²) in [6.07, 6.45) is 0. The van der Waals surface area contributed by atoms with E-state index in [9.17, 15) is 0 Å². The fourth-order valence-electron chi connectivity index (χ4n) is 0. The first-order valence-corrected chi connectivity index (χ1v) is 6.13. The Kier molecular flexibility index (Phi) is 50.4. The van der Waals surface area contributed by atoms with Crippen molar-refractivity contribution in [3.05, 3.63) is 0 Å². The van der Waals surface area contributed by atoms with Crippen molar-refractivity contribution < 1.29 is 50.3 Å². The van der Waals surface area contributed by atoms with Gasteiger partial charge < -0.3 is 50.0 Å². The van der Waals surface area contributed by atoms with Gasteiger partial charge in [-0.25, -0.2) is 0 Å². The molecule has 0 aliphatic rings. The van der Waals surface area contributed by atoms with E-state index in [1.807, 2.05) is 0 Å². The third-order valence-electron chi connectivity index (χ3n) is 0. The number of quaternary nitrogens is 5. The molecule has 0 amide bonds. The van der Waals surface area contributed by atoms with Crippen LogP contribution in [0, 0.1) is 0 Å². The van der Waals surface area contributed by atoms with Crippen LogP contribution in [-0.2, 0) is 28.1 Å². The summed E-state index contributed by atoms with van der Waals surface area (Å²) in [6.45, 7) is 0. The quantitative estimate of drug-likeness (QED) is 0.215. The summed E-state index contributed by atoms with van der Waals surface area (Å²) in [5.74, 6) is 0. The molecule has 0 rings (SSSR count). The number of hydrogen-bond acceptors (Lipinski definition) is 8. The predicted octanol–water partition coefficient (Wildman–Crippen LogP) is -3.56. The van der Waals surface area contributed by atoms with Crippen molar-refractivity contribution in [1.29, 1.82) is 0 Å². The standard InChI is InChI=1S/Mo.5H3N.H3O4P.4O/c;;;;;;1-5(2,3)4;;;;/h;5*1H3;(H3,1,2,3,4);;;;/q;;;;;;;;;2*-1/p+2. The first kappa shape index (κ1) is 45.7. The zero-order chi connectivity index (χ0) is 9.00. The van der Waals surface area contributed by atoms with Crippen LogP contribution in [0.3, 0.4) is 0 Å². The fourth-order valence-corrected chi connectivity index (χ4v) is 0. The first-order chi connectivity index (χ1) is 4.00. The molecule has 0 aliphatic heterocycles. The van der Waals surface area contributed by atoms with Crippen molar-refractivity contribution in [2.24, 2.45) is 0 Å². The van der Waals surface area contributed by atoms with E-state index in [-0.39, 0.29) is 30.8 Å². The minimum absolute atomic E-state index is 0. The van der Waals surface area contributed by atoms with E-state index in [2.05, 4.69) is 0 Å². The first-order valence-electron chi connectivity index (χ1n) is 1.40. The second kappa shape index (κ2) is 16.5. The van der Waals surface area contributed by atoms with Gasteiger partial charge in [0.25, 0.3) is 0 Å². The molecule has 0 aromatic heterocycles. The maximum absolute atomic E-state index is 8.63. The molecule has 13 nitrogen and oxygen atoms in total. The normalized spacial score (nSPS) is 7.80. The summed E-state index contributed by atoms with van der Waals surface area (Å²) in [7, 11) is -5.39. The van der Waals surface area contributed by atoms with Crippen LogP contribution in [-0.4, -0.2) is 0 Å². The van der Waals surface area contributed by atoms with E-state index in [4.69, 9.17) is 33.6 Å². The summed E-state index contributed by atoms with van der Waals surface area (Å²) in [4.78, 5) is 25.6. The van der Waals surface area contributed by atoms with Gasteiger partial charge in [0.1, 0.15) is 0 Å². The molecule has 0 unspecified atom stereocenters. The van der Waals surface area contributed by atoms with Gasteiger partial charge >= 0.3 is 31.1 Å². The van der Waals surface area contributed by atoms with Gasteiger partial charge in [-0.1, -0.05) is 0 Å². The van der Waals surface area contributed by atoms with Crippen molar-refractivity contribution in [3.63, 3.8) is 0 Å². The van der Waals surface area contributed by atoms with Crippen LogP contribution in [0.5, 0.6) is 0 Å².